The highest BCUT2D eigenvalue weighted by molar-refractivity contribution is 5.33. The van der Waals surface area contributed by atoms with E-state index in [4.69, 9.17) is 0 Å². The number of aryl methyl sites for hydroxylation is 1. The lowest BCUT2D eigenvalue weighted by atomic mass is 9.77. The number of aliphatic hydroxyl groups is 1. The van der Waals surface area contributed by atoms with E-state index in [1.54, 1.807) is 0 Å². The molecular formula is C17H26O. The number of fused-ring (bicyclic) bond motifs is 1. The van der Waals surface area contributed by atoms with E-state index in [0.717, 1.165) is 12.8 Å². The molecule has 1 aliphatic carbocycles. The zero-order valence-electron chi connectivity index (χ0n) is 11.7. The van der Waals surface area contributed by atoms with Crippen LogP contribution in [-0.4, -0.2) is 11.2 Å². The molecule has 1 aliphatic rings. The van der Waals surface area contributed by atoms with E-state index in [1.165, 1.54) is 36.8 Å². The molecule has 0 spiro atoms. The summed E-state index contributed by atoms with van der Waals surface area (Å²) >= 11 is 0. The van der Waals surface area contributed by atoms with Crippen molar-refractivity contribution in [2.45, 2.75) is 64.4 Å². The number of hydrogen-bond acceptors (Lipinski definition) is 1. The second-order valence-corrected chi connectivity index (χ2v) is 5.89. The number of aliphatic hydroxyl groups excluding tert-OH is 1. The third-order valence-electron chi connectivity index (χ3n) is 4.31. The van der Waals surface area contributed by atoms with Gasteiger partial charge in [0.1, 0.15) is 0 Å². The Hall–Kier alpha value is -0.820. The predicted molar refractivity (Wildman–Crippen MR) is 76.8 cm³/mol. The van der Waals surface area contributed by atoms with E-state index in [0.29, 0.717) is 11.8 Å². The van der Waals surface area contributed by atoms with Crippen molar-refractivity contribution in [2.24, 2.45) is 5.92 Å². The summed E-state index contributed by atoms with van der Waals surface area (Å²) in [4.78, 5) is 0. The molecule has 0 radical (unpaired) electrons. The van der Waals surface area contributed by atoms with Crippen LogP contribution < -0.4 is 0 Å². The average Bonchev–Trinajstić information content (AvgIpc) is 2.38. The minimum atomic E-state index is -0.159. The lowest BCUT2D eigenvalue weighted by Gasteiger charge is -2.30. The molecular weight excluding hydrogens is 220 g/mol. The van der Waals surface area contributed by atoms with Gasteiger partial charge in [-0.3, -0.25) is 0 Å². The lowest BCUT2D eigenvalue weighted by molar-refractivity contribution is 0.107. The van der Waals surface area contributed by atoms with Crippen LogP contribution in [0.2, 0.25) is 0 Å². The third kappa shape index (κ3) is 3.14. The summed E-state index contributed by atoms with van der Waals surface area (Å²) in [6, 6.07) is 8.67. The van der Waals surface area contributed by atoms with E-state index in [1.807, 2.05) is 0 Å². The topological polar surface area (TPSA) is 20.2 Å². The zero-order chi connectivity index (χ0) is 13.0. The lowest BCUT2D eigenvalue weighted by Crippen LogP contribution is -2.24. The molecule has 0 saturated heterocycles. The van der Waals surface area contributed by atoms with Crippen LogP contribution in [0.5, 0.6) is 0 Å². The van der Waals surface area contributed by atoms with Crippen LogP contribution in [0.15, 0.2) is 24.3 Å². The van der Waals surface area contributed by atoms with E-state index >= 15 is 0 Å². The molecule has 18 heavy (non-hydrogen) atoms. The van der Waals surface area contributed by atoms with Crippen LogP contribution in [0.1, 0.15) is 63.0 Å². The monoisotopic (exact) mass is 246 g/mol. The minimum absolute atomic E-state index is 0.159. The first-order chi connectivity index (χ1) is 8.72. The van der Waals surface area contributed by atoms with Crippen molar-refractivity contribution in [3.63, 3.8) is 0 Å². The summed E-state index contributed by atoms with van der Waals surface area (Å²) < 4.78 is 0. The van der Waals surface area contributed by atoms with E-state index in [2.05, 4.69) is 38.1 Å². The fourth-order valence-electron chi connectivity index (χ4n) is 3.38. The fourth-order valence-corrected chi connectivity index (χ4v) is 3.38. The molecule has 0 amide bonds. The van der Waals surface area contributed by atoms with Gasteiger partial charge in [0, 0.05) is 5.92 Å². The maximum absolute atomic E-state index is 10.5. The molecule has 3 atom stereocenters. The highest BCUT2D eigenvalue weighted by Gasteiger charge is 2.27. The van der Waals surface area contributed by atoms with E-state index in [9.17, 15) is 5.11 Å². The standard InChI is InChI=1S/C17H26O/c1-3-7-13(2)12-17(18)16-11-6-9-14-8-4-5-10-15(14)16/h4-5,8,10,13,16-18H,3,6-7,9,11-12H2,1-2H3. The van der Waals surface area contributed by atoms with Crippen molar-refractivity contribution < 1.29 is 5.11 Å². The van der Waals surface area contributed by atoms with Crippen molar-refractivity contribution in [3.05, 3.63) is 35.4 Å². The van der Waals surface area contributed by atoms with Gasteiger partial charge in [-0.2, -0.15) is 0 Å². The summed E-state index contributed by atoms with van der Waals surface area (Å²) in [7, 11) is 0. The average molecular weight is 246 g/mol. The minimum Gasteiger partial charge on any atom is -0.392 e. The van der Waals surface area contributed by atoms with Crippen LogP contribution >= 0.6 is 0 Å². The van der Waals surface area contributed by atoms with Crippen molar-refractivity contribution in [1.29, 1.82) is 0 Å². The molecule has 3 unspecified atom stereocenters. The number of hydrogen-bond donors (Lipinski definition) is 1. The number of rotatable bonds is 5. The Morgan fingerprint density at radius 3 is 2.89 bits per heavy atom. The van der Waals surface area contributed by atoms with Gasteiger partial charge in [0.05, 0.1) is 6.10 Å². The van der Waals surface area contributed by atoms with Gasteiger partial charge in [-0.15, -0.1) is 0 Å². The van der Waals surface area contributed by atoms with Crippen molar-refractivity contribution in [3.8, 4) is 0 Å². The van der Waals surface area contributed by atoms with E-state index in [-0.39, 0.29) is 6.10 Å². The van der Waals surface area contributed by atoms with Crippen LogP contribution in [0.25, 0.3) is 0 Å². The Morgan fingerprint density at radius 1 is 1.33 bits per heavy atom. The van der Waals surface area contributed by atoms with Crippen LogP contribution in [0.4, 0.5) is 0 Å². The van der Waals surface area contributed by atoms with Crippen LogP contribution in [-0.2, 0) is 6.42 Å². The predicted octanol–water partition coefficient (Wildman–Crippen LogP) is 4.29. The summed E-state index contributed by atoms with van der Waals surface area (Å²) in [5, 5.41) is 10.5. The molecule has 0 heterocycles. The van der Waals surface area contributed by atoms with Gasteiger partial charge in [-0.1, -0.05) is 51.0 Å². The Balaban J connectivity index is 2.05. The van der Waals surface area contributed by atoms with Gasteiger partial charge < -0.3 is 5.11 Å². The summed E-state index contributed by atoms with van der Waals surface area (Å²) in [5.74, 6) is 1.01. The molecule has 100 valence electrons. The van der Waals surface area contributed by atoms with E-state index < -0.39 is 0 Å². The third-order valence-corrected chi connectivity index (χ3v) is 4.31. The Kier molecular flexibility index (Phi) is 4.82. The Labute approximate surface area is 111 Å². The molecule has 0 aliphatic heterocycles. The molecule has 1 aromatic carbocycles. The second-order valence-electron chi connectivity index (χ2n) is 5.89. The van der Waals surface area contributed by atoms with Crippen molar-refractivity contribution in [2.75, 3.05) is 0 Å². The van der Waals surface area contributed by atoms with Gasteiger partial charge in [-0.25, -0.2) is 0 Å². The first kappa shape index (κ1) is 13.6. The van der Waals surface area contributed by atoms with Gasteiger partial charge in [0.25, 0.3) is 0 Å². The Bertz CT molecular complexity index is 372. The molecule has 2 rings (SSSR count). The molecule has 1 aromatic rings. The SMILES string of the molecule is CCCC(C)CC(O)C1CCCc2ccccc21. The van der Waals surface area contributed by atoms with Crippen molar-refractivity contribution >= 4 is 0 Å². The fraction of sp³-hybridized carbons (Fsp3) is 0.647. The van der Waals surface area contributed by atoms with Gasteiger partial charge in [0.15, 0.2) is 0 Å². The highest BCUT2D eigenvalue weighted by atomic mass is 16.3. The molecule has 0 fully saturated rings. The van der Waals surface area contributed by atoms with Crippen LogP contribution in [0, 0.1) is 5.92 Å². The largest absolute Gasteiger partial charge is 0.392 e. The maximum Gasteiger partial charge on any atom is 0.0611 e. The molecule has 0 saturated carbocycles. The summed E-state index contributed by atoms with van der Waals surface area (Å²) in [5.41, 5.74) is 2.86. The highest BCUT2D eigenvalue weighted by Crippen LogP contribution is 2.36. The first-order valence-corrected chi connectivity index (χ1v) is 7.48. The molecule has 1 nitrogen and oxygen atoms in total. The maximum atomic E-state index is 10.5. The van der Waals surface area contributed by atoms with Gasteiger partial charge >= 0.3 is 0 Å². The zero-order valence-corrected chi connectivity index (χ0v) is 11.7. The quantitative estimate of drug-likeness (QED) is 0.821. The second kappa shape index (κ2) is 6.38. The van der Waals surface area contributed by atoms with Crippen molar-refractivity contribution in [1.82, 2.24) is 0 Å². The molecule has 1 N–H and O–H groups in total. The summed E-state index contributed by atoms with van der Waals surface area (Å²) in [6.07, 6.45) is 6.79. The van der Waals surface area contributed by atoms with Gasteiger partial charge in [-0.05, 0) is 42.7 Å². The van der Waals surface area contributed by atoms with Crippen LogP contribution in [0.3, 0.4) is 0 Å². The first-order valence-electron chi connectivity index (χ1n) is 7.48. The Morgan fingerprint density at radius 2 is 2.11 bits per heavy atom. The molecule has 0 bridgehead atoms. The smallest absolute Gasteiger partial charge is 0.0611 e. The van der Waals surface area contributed by atoms with Gasteiger partial charge in [0.2, 0.25) is 0 Å². The molecule has 0 aromatic heterocycles. The molecule has 1 heteroatoms. The summed E-state index contributed by atoms with van der Waals surface area (Å²) in [6.45, 7) is 4.49. The normalized spacial score (nSPS) is 22.3. The number of benzene rings is 1.